The molecule has 0 radical (unpaired) electrons. The molecule has 2 atom stereocenters. The number of pyridine rings is 1. The van der Waals surface area contributed by atoms with Crippen LogP contribution < -0.4 is 19.7 Å². The summed E-state index contributed by atoms with van der Waals surface area (Å²) in [4.78, 5) is 29.0. The number of aryl methyl sites for hydroxylation is 1. The summed E-state index contributed by atoms with van der Waals surface area (Å²) in [6, 6.07) is 8.33. The van der Waals surface area contributed by atoms with Gasteiger partial charge < -0.3 is 24.6 Å². The Morgan fingerprint density at radius 3 is 2.71 bits per heavy atom. The maximum absolute atomic E-state index is 10.5. The van der Waals surface area contributed by atoms with Gasteiger partial charge in [0, 0.05) is 55.3 Å². The number of unbranched alkanes of at least 4 members (excludes halogenated alkanes) is 2. The molecule has 0 fully saturated rings. The molecular weight excluding hydrogens is 640 g/mol. The van der Waals surface area contributed by atoms with Gasteiger partial charge >= 0.3 is 0 Å². The van der Waals surface area contributed by atoms with Crippen LogP contribution in [0.2, 0.25) is 0 Å². The lowest BCUT2D eigenvalue weighted by molar-refractivity contribution is -0.112. The number of carbonyl (C=O) groups is 1. The third kappa shape index (κ3) is 11.0. The number of likely N-dealkylation sites (N-methyl/N-ethyl adjacent to an activating group) is 1. The summed E-state index contributed by atoms with van der Waals surface area (Å²) in [5.41, 5.74) is 4.30. The molecule has 1 aromatic carbocycles. The topological polar surface area (TPSA) is 108 Å². The summed E-state index contributed by atoms with van der Waals surface area (Å²) in [5.74, 6) is 4.35. The van der Waals surface area contributed by atoms with Crippen molar-refractivity contribution in [1.29, 1.82) is 0 Å². The Bertz CT molecular complexity index is 1800. The summed E-state index contributed by atoms with van der Waals surface area (Å²) in [5, 5.41) is 9.61. The molecule has 51 heavy (non-hydrogen) atoms. The molecule has 2 aromatic heterocycles. The van der Waals surface area contributed by atoms with Crippen LogP contribution >= 0.6 is 0 Å². The van der Waals surface area contributed by atoms with Crippen molar-refractivity contribution in [3.8, 4) is 11.5 Å². The van der Waals surface area contributed by atoms with Gasteiger partial charge in [0.15, 0.2) is 23.2 Å². The lowest BCUT2D eigenvalue weighted by Gasteiger charge is -2.24. The predicted octanol–water partition coefficient (Wildman–Crippen LogP) is 8.19. The minimum atomic E-state index is 0.105. The molecule has 0 saturated heterocycles. The van der Waals surface area contributed by atoms with Crippen molar-refractivity contribution in [3.63, 3.8) is 0 Å². The number of hydrogen-bond acceptors (Lipinski definition) is 11. The molecule has 11 heteroatoms. The Kier molecular flexibility index (Phi) is 14.3. The van der Waals surface area contributed by atoms with Crippen LogP contribution in [0.4, 0.5) is 17.3 Å². The first-order chi connectivity index (χ1) is 24.5. The van der Waals surface area contributed by atoms with Gasteiger partial charge in [-0.3, -0.25) is 4.79 Å². The molecule has 0 aliphatic carbocycles. The molecule has 3 aromatic rings. The van der Waals surface area contributed by atoms with E-state index in [1.54, 1.807) is 25.5 Å². The van der Waals surface area contributed by atoms with Crippen LogP contribution in [-0.2, 0) is 4.79 Å². The minimum Gasteiger partial charge on any atom is -0.489 e. The van der Waals surface area contributed by atoms with E-state index in [4.69, 9.17) is 14.5 Å². The second kappa shape index (κ2) is 18.8. The fourth-order valence-electron chi connectivity index (χ4n) is 5.43. The molecule has 4 heterocycles. The number of carbonyl (C=O) groups excluding carboxylic acids is 1. The van der Waals surface area contributed by atoms with Crippen LogP contribution in [0.25, 0.3) is 11.0 Å². The smallest absolute Gasteiger partial charge is 0.172 e. The van der Waals surface area contributed by atoms with Crippen LogP contribution in [0.15, 0.2) is 83.7 Å². The molecule has 0 bridgehead atoms. The van der Waals surface area contributed by atoms with E-state index in [9.17, 15) is 4.79 Å². The normalized spacial score (nSPS) is 17.3. The van der Waals surface area contributed by atoms with Crippen LogP contribution in [-0.4, -0.2) is 76.7 Å². The lowest BCUT2D eigenvalue weighted by Crippen LogP contribution is -2.30. The highest BCUT2D eigenvalue weighted by Crippen LogP contribution is 2.35. The molecule has 0 amide bonds. The Morgan fingerprint density at radius 2 is 2.02 bits per heavy atom. The molecule has 2 aliphatic heterocycles. The lowest BCUT2D eigenvalue weighted by atomic mass is 10.1. The number of aromatic nitrogens is 3. The molecule has 272 valence electrons. The molecule has 5 rings (SSSR count). The van der Waals surface area contributed by atoms with Gasteiger partial charge in [-0.25, -0.2) is 20.0 Å². The molecule has 2 aliphatic rings. The number of nitrogens with one attached hydrogen (secondary N) is 1. The van der Waals surface area contributed by atoms with Gasteiger partial charge in [-0.15, -0.1) is 0 Å². The fourth-order valence-corrected chi connectivity index (χ4v) is 5.43. The average molecular weight is 695 g/mol. The summed E-state index contributed by atoms with van der Waals surface area (Å²) in [6.07, 6.45) is 18.1. The van der Waals surface area contributed by atoms with Gasteiger partial charge in [0.05, 0.1) is 17.8 Å². The highest BCUT2D eigenvalue weighted by Gasteiger charge is 2.24. The van der Waals surface area contributed by atoms with Gasteiger partial charge in [-0.2, -0.15) is 5.10 Å². The Balaban J connectivity index is 0.000000510. The van der Waals surface area contributed by atoms with Crippen molar-refractivity contribution in [3.05, 3.63) is 84.2 Å². The summed E-state index contributed by atoms with van der Waals surface area (Å²) >= 11 is 0. The Morgan fingerprint density at radius 1 is 1.22 bits per heavy atom. The van der Waals surface area contributed by atoms with Crippen LogP contribution in [0.1, 0.15) is 66.4 Å². The first kappa shape index (κ1) is 38.8. The molecule has 1 N–H and O–H groups in total. The van der Waals surface area contributed by atoms with Crippen molar-refractivity contribution in [2.24, 2.45) is 11.0 Å². The summed E-state index contributed by atoms with van der Waals surface area (Å²) in [6.45, 7) is 16.5. The zero-order valence-corrected chi connectivity index (χ0v) is 31.7. The third-order valence-corrected chi connectivity index (χ3v) is 8.50. The van der Waals surface area contributed by atoms with E-state index < -0.39 is 0 Å². The molecule has 11 nitrogen and oxygen atoms in total. The molecule has 0 saturated carbocycles. The van der Waals surface area contributed by atoms with E-state index >= 15 is 0 Å². The highest BCUT2D eigenvalue weighted by molar-refractivity contribution is 5.90. The number of hydrazone groups is 1. The monoisotopic (exact) mass is 694 g/mol. The maximum Gasteiger partial charge on any atom is 0.172 e. The maximum atomic E-state index is 10.5. The number of ether oxygens (including phenoxy) is 2. The van der Waals surface area contributed by atoms with Gasteiger partial charge in [-0.1, -0.05) is 38.8 Å². The first-order valence-corrected chi connectivity index (χ1v) is 17.8. The van der Waals surface area contributed by atoms with Gasteiger partial charge in [0.25, 0.3) is 0 Å². The molecule has 0 spiro atoms. The van der Waals surface area contributed by atoms with Crippen LogP contribution in [0, 0.1) is 12.8 Å². The first-order valence-electron chi connectivity index (χ1n) is 17.8. The van der Waals surface area contributed by atoms with E-state index in [0.717, 1.165) is 70.6 Å². The number of benzene rings is 1. The third-order valence-electron chi connectivity index (χ3n) is 8.50. The quantitative estimate of drug-likeness (QED) is 0.113. The standard InChI is InChI=1S/C32H39N7O2.C8H15NO/c1-6-9-10-14-38-19-22(4)20-40-29-18-27-30(37-32(29)38)31(34-21-33-27)36-24-11-12-28(23(5)16-24)41-26-13-15-39(35-8-3)25(7-2)17-26;1-7(9(3)4)5-6-8(2)10/h7-8,11-13,15-18,21-22H,6,9-10,14,19-20H2,1-5H3,(H,33,34,36);5-7H,1-4H3/b25-7+,35-8-;6-5+. The minimum absolute atomic E-state index is 0.105. The van der Waals surface area contributed by atoms with E-state index in [1.807, 2.05) is 106 Å². The number of nitrogens with zero attached hydrogens (tertiary/aromatic N) is 7. The number of ketones is 1. The zero-order valence-electron chi connectivity index (χ0n) is 31.7. The van der Waals surface area contributed by atoms with E-state index in [2.05, 4.69) is 39.1 Å². The summed E-state index contributed by atoms with van der Waals surface area (Å²) in [7, 11) is 3.96. The van der Waals surface area contributed by atoms with Crippen LogP contribution in [0.5, 0.6) is 11.5 Å². The Hall–Kier alpha value is -5.03. The number of fused-ring (bicyclic) bond motifs is 2. The van der Waals surface area contributed by atoms with Crippen molar-refractivity contribution >= 4 is 40.4 Å². The number of anilines is 3. The van der Waals surface area contributed by atoms with E-state index in [0.29, 0.717) is 24.4 Å². The summed E-state index contributed by atoms with van der Waals surface area (Å²) < 4.78 is 12.4. The van der Waals surface area contributed by atoms with Crippen molar-refractivity contribution in [2.75, 3.05) is 44.0 Å². The highest BCUT2D eigenvalue weighted by atomic mass is 16.5. The Labute approximate surface area is 303 Å². The van der Waals surface area contributed by atoms with Gasteiger partial charge in [0.2, 0.25) is 0 Å². The second-order valence-electron chi connectivity index (χ2n) is 13.1. The van der Waals surface area contributed by atoms with Crippen LogP contribution in [0.3, 0.4) is 0 Å². The number of rotatable bonds is 12. The van der Waals surface area contributed by atoms with Gasteiger partial charge in [-0.05, 0) is 91.0 Å². The second-order valence-corrected chi connectivity index (χ2v) is 13.1. The molecular formula is C40H54N8O3. The SMILES string of the molecule is C/C=N\N1C=CC(Oc2ccc(Nc3ncnc4cc5c(nc34)N(CCCCC)CC(C)CO5)cc2C)=C/C1=C\C.CC(=O)/C=C/C(C)N(C)C. The van der Waals surface area contributed by atoms with E-state index in [-0.39, 0.29) is 5.78 Å². The number of hydrogen-bond donors (Lipinski definition) is 1. The molecule has 2 unspecified atom stereocenters. The fraction of sp³-hybridized carbons (Fsp3) is 0.425. The largest absolute Gasteiger partial charge is 0.489 e. The van der Waals surface area contributed by atoms with Crippen molar-refractivity contribution in [1.82, 2.24) is 24.9 Å². The zero-order chi connectivity index (χ0) is 36.9. The predicted molar refractivity (Wildman–Crippen MR) is 209 cm³/mol. The van der Waals surface area contributed by atoms with E-state index in [1.165, 1.54) is 12.8 Å². The van der Waals surface area contributed by atoms with Crippen molar-refractivity contribution in [2.45, 2.75) is 73.8 Å². The average Bonchev–Trinajstić information content (AvgIpc) is 3.26. The van der Waals surface area contributed by atoms with Gasteiger partial charge in [0.1, 0.15) is 23.4 Å². The number of allylic oxidation sites excluding steroid dienone is 4. The van der Waals surface area contributed by atoms with Crippen molar-refractivity contribution < 1.29 is 14.3 Å².